The molecule has 0 unspecified atom stereocenters. The molecule has 2 rings (SSSR count). The van der Waals surface area contributed by atoms with Gasteiger partial charge in [-0.05, 0) is 68.6 Å². The zero-order valence-corrected chi connectivity index (χ0v) is 15.0. The molecule has 0 saturated carbocycles. The van der Waals surface area contributed by atoms with E-state index in [9.17, 15) is 4.79 Å². The van der Waals surface area contributed by atoms with Gasteiger partial charge in [0.2, 0.25) is 0 Å². The zero-order chi connectivity index (χ0) is 17.5. The summed E-state index contributed by atoms with van der Waals surface area (Å²) < 4.78 is 0. The number of carbonyl (C=O) groups is 1. The van der Waals surface area contributed by atoms with E-state index in [1.54, 1.807) is 0 Å². The van der Waals surface area contributed by atoms with E-state index >= 15 is 0 Å². The van der Waals surface area contributed by atoms with Gasteiger partial charge in [-0.3, -0.25) is 4.79 Å². The van der Waals surface area contributed by atoms with E-state index in [0.717, 1.165) is 43.0 Å². The van der Waals surface area contributed by atoms with E-state index in [4.69, 9.17) is 6.42 Å². The highest BCUT2D eigenvalue weighted by Crippen LogP contribution is 2.23. The molecule has 24 heavy (non-hydrogen) atoms. The highest BCUT2D eigenvalue weighted by atomic mass is 16.1. The van der Waals surface area contributed by atoms with E-state index < -0.39 is 0 Å². The predicted molar refractivity (Wildman–Crippen MR) is 104 cm³/mol. The molecule has 0 saturated heterocycles. The summed E-state index contributed by atoms with van der Waals surface area (Å²) in [7, 11) is 0. The van der Waals surface area contributed by atoms with E-state index in [-0.39, 0.29) is 1.43 Å². The molecule has 0 aliphatic heterocycles. The minimum Gasteiger partial charge on any atom is -0.301 e. The lowest BCUT2D eigenvalue weighted by atomic mass is 9.97. The maximum atomic E-state index is 11.4. The summed E-state index contributed by atoms with van der Waals surface area (Å²) in [5, 5.41) is 2.03. The van der Waals surface area contributed by atoms with Crippen LogP contribution in [0.1, 0.15) is 56.5 Å². The first-order chi connectivity index (χ1) is 11.6. The third kappa shape index (κ3) is 4.24. The van der Waals surface area contributed by atoms with Crippen molar-refractivity contribution in [3.05, 3.63) is 47.0 Å². The minimum absolute atomic E-state index is 0. The number of carbonyl (C=O) groups excluding carboxylic acids is 1. The Morgan fingerprint density at radius 1 is 1.25 bits per heavy atom. The first-order valence-electron chi connectivity index (χ1n) is 8.82. The van der Waals surface area contributed by atoms with Gasteiger partial charge in [0, 0.05) is 18.6 Å². The van der Waals surface area contributed by atoms with Crippen LogP contribution in [0.25, 0.3) is 10.8 Å². The zero-order valence-electron chi connectivity index (χ0n) is 16.0. The Morgan fingerprint density at radius 2 is 2.04 bits per heavy atom. The van der Waals surface area contributed by atoms with Crippen LogP contribution in [0.5, 0.6) is 0 Å². The Labute approximate surface area is 147 Å². The summed E-state index contributed by atoms with van der Waals surface area (Å²) in [6.07, 6.45) is 9.73. The molecule has 2 aromatic carbocycles. The van der Waals surface area contributed by atoms with Crippen LogP contribution in [0.3, 0.4) is 0 Å². The van der Waals surface area contributed by atoms with Gasteiger partial charge in [0.15, 0.2) is 6.29 Å². The van der Waals surface area contributed by atoms with Gasteiger partial charge >= 0.3 is 0 Å². The van der Waals surface area contributed by atoms with Gasteiger partial charge in [0.1, 0.15) is 0 Å². The Hall–Kier alpha value is -2.11. The number of terminal acetylenes is 1. The number of hydrogen-bond donors (Lipinski definition) is 0. The lowest BCUT2D eigenvalue weighted by Crippen LogP contribution is -2.32. The minimum atomic E-state index is 0. The number of nitrogens with zero attached hydrogens (tertiary/aromatic N) is 1. The fraction of sp³-hybridized carbons (Fsp3) is 0.409. The van der Waals surface area contributed by atoms with Gasteiger partial charge in [-0.15, -0.1) is 6.42 Å². The van der Waals surface area contributed by atoms with Crippen LogP contribution >= 0.6 is 0 Å². The maximum absolute atomic E-state index is 11.4. The largest absolute Gasteiger partial charge is 0.301 e. The molecule has 0 bridgehead atoms. The van der Waals surface area contributed by atoms with Crippen molar-refractivity contribution in [2.45, 2.75) is 46.1 Å². The molecule has 127 valence electrons. The normalized spacial score (nSPS) is 11.2. The summed E-state index contributed by atoms with van der Waals surface area (Å²) in [5.41, 5.74) is 2.60. The van der Waals surface area contributed by atoms with E-state index in [2.05, 4.69) is 43.7 Å². The van der Waals surface area contributed by atoms with Crippen LogP contribution < -0.4 is 0 Å². The van der Waals surface area contributed by atoms with Crippen LogP contribution in [-0.2, 0) is 6.42 Å². The molecule has 0 aliphatic carbocycles. The number of rotatable bonds is 8. The van der Waals surface area contributed by atoms with Crippen molar-refractivity contribution in [3.8, 4) is 12.3 Å². The second kappa shape index (κ2) is 8.66. The Kier molecular flexibility index (Phi) is 6.58. The molecule has 2 aromatic rings. The lowest BCUT2D eigenvalue weighted by Gasteiger charge is -2.25. The van der Waals surface area contributed by atoms with Crippen molar-refractivity contribution in [2.75, 3.05) is 13.1 Å². The summed E-state index contributed by atoms with van der Waals surface area (Å²) >= 11 is 0. The molecule has 0 aliphatic rings. The molecule has 0 aromatic heterocycles. The Balaban J connectivity index is 0.00000312. The van der Waals surface area contributed by atoms with Gasteiger partial charge in [0.25, 0.3) is 0 Å². The lowest BCUT2D eigenvalue weighted by molar-refractivity contribution is 0.112. The molecule has 0 N–H and O–H groups in total. The van der Waals surface area contributed by atoms with E-state index in [1.807, 2.05) is 18.2 Å². The highest BCUT2D eigenvalue weighted by Gasteiger charge is 2.09. The SMILES string of the molecule is C#Cc1ccc2cc(CCCN(CCC)C(C)C)ccc2c1C=O.[H]. The van der Waals surface area contributed by atoms with Crippen LogP contribution in [0.15, 0.2) is 30.3 Å². The van der Waals surface area contributed by atoms with Gasteiger partial charge in [0.05, 0.1) is 0 Å². The van der Waals surface area contributed by atoms with Crippen molar-refractivity contribution in [3.63, 3.8) is 0 Å². The quantitative estimate of drug-likeness (QED) is 0.514. The number of aldehydes is 1. The molecule has 0 fully saturated rings. The Bertz CT molecular complexity index is 746. The summed E-state index contributed by atoms with van der Waals surface area (Å²) in [5.74, 6) is 2.59. The van der Waals surface area contributed by atoms with Crippen molar-refractivity contribution < 1.29 is 6.22 Å². The fourth-order valence-electron chi connectivity index (χ4n) is 3.21. The summed E-state index contributed by atoms with van der Waals surface area (Å²) in [6, 6.07) is 10.8. The van der Waals surface area contributed by atoms with Crippen molar-refractivity contribution in [1.82, 2.24) is 4.90 Å². The molecule has 0 atom stereocenters. The third-order valence-electron chi connectivity index (χ3n) is 4.55. The maximum Gasteiger partial charge on any atom is 0.151 e. The van der Waals surface area contributed by atoms with Crippen LogP contribution in [0.4, 0.5) is 0 Å². The van der Waals surface area contributed by atoms with Crippen molar-refractivity contribution in [2.24, 2.45) is 0 Å². The fourth-order valence-corrected chi connectivity index (χ4v) is 3.21. The molecular weight excluding hydrogens is 294 g/mol. The standard InChI is InChI=1S/C22H27NO.H/c1-5-13-23(17(3)4)14-7-8-18-9-12-21-20(15-18)11-10-19(6-2)22(21)16-24;/h2,9-12,15-17H,5,7-8,13-14H2,1,3-4H3;. The summed E-state index contributed by atoms with van der Waals surface area (Å²) in [4.78, 5) is 13.9. The van der Waals surface area contributed by atoms with E-state index in [0.29, 0.717) is 17.2 Å². The number of benzene rings is 2. The van der Waals surface area contributed by atoms with Crippen LogP contribution in [-0.4, -0.2) is 30.3 Å². The molecule has 2 nitrogen and oxygen atoms in total. The van der Waals surface area contributed by atoms with Gasteiger partial charge in [-0.2, -0.15) is 0 Å². The monoisotopic (exact) mass is 322 g/mol. The predicted octanol–water partition coefficient (Wildman–Crippen LogP) is 4.80. The Morgan fingerprint density at radius 3 is 2.67 bits per heavy atom. The molecule has 1 radical (unpaired) electrons. The smallest absolute Gasteiger partial charge is 0.151 e. The van der Waals surface area contributed by atoms with Crippen molar-refractivity contribution in [1.29, 1.82) is 0 Å². The average Bonchev–Trinajstić information content (AvgIpc) is 2.59. The molecule has 0 spiro atoms. The van der Waals surface area contributed by atoms with E-state index in [1.165, 1.54) is 12.0 Å². The van der Waals surface area contributed by atoms with Gasteiger partial charge in [-0.1, -0.05) is 37.1 Å². The second-order valence-corrected chi connectivity index (χ2v) is 6.58. The van der Waals surface area contributed by atoms with Crippen LogP contribution in [0, 0.1) is 12.3 Å². The number of aryl methyl sites for hydroxylation is 1. The molecule has 0 amide bonds. The van der Waals surface area contributed by atoms with Crippen LogP contribution in [0.2, 0.25) is 0 Å². The molecule has 0 heterocycles. The third-order valence-corrected chi connectivity index (χ3v) is 4.55. The topological polar surface area (TPSA) is 20.3 Å². The first kappa shape index (κ1) is 18.2. The molecular formula is C22H28NO. The second-order valence-electron chi connectivity index (χ2n) is 6.58. The summed E-state index contributed by atoms with van der Waals surface area (Å²) in [6.45, 7) is 9.03. The van der Waals surface area contributed by atoms with Gasteiger partial charge in [-0.25, -0.2) is 0 Å². The molecule has 2 heteroatoms. The van der Waals surface area contributed by atoms with Crippen molar-refractivity contribution >= 4 is 17.1 Å². The number of hydrogen-bond acceptors (Lipinski definition) is 2. The first-order valence-corrected chi connectivity index (χ1v) is 8.82. The highest BCUT2D eigenvalue weighted by molar-refractivity contribution is 6.00. The average molecular weight is 322 g/mol. The van der Waals surface area contributed by atoms with Gasteiger partial charge < -0.3 is 4.90 Å². The number of fused-ring (bicyclic) bond motifs is 1.